The molecular formula is C20H31N3O5. The number of piperazine rings is 1. The highest BCUT2D eigenvalue weighted by molar-refractivity contribution is 5.78. The lowest BCUT2D eigenvalue weighted by Crippen LogP contribution is -2.47. The monoisotopic (exact) mass is 393 g/mol. The Bertz CT molecular complexity index is 649. The molecular weight excluding hydrogens is 362 g/mol. The summed E-state index contributed by atoms with van der Waals surface area (Å²) in [6.45, 7) is 4.88. The summed E-state index contributed by atoms with van der Waals surface area (Å²) in [4.78, 5) is 15.8. The van der Waals surface area contributed by atoms with E-state index in [-0.39, 0.29) is 18.6 Å². The van der Waals surface area contributed by atoms with Crippen molar-refractivity contribution in [2.45, 2.75) is 31.6 Å². The summed E-state index contributed by atoms with van der Waals surface area (Å²) in [5, 5.41) is 22.7. The van der Waals surface area contributed by atoms with Gasteiger partial charge in [-0.3, -0.25) is 9.69 Å². The van der Waals surface area contributed by atoms with Crippen LogP contribution in [0.4, 0.5) is 0 Å². The van der Waals surface area contributed by atoms with Crippen LogP contribution < -0.4 is 14.8 Å². The molecule has 3 rings (SSSR count). The number of rotatable bonds is 8. The Morgan fingerprint density at radius 1 is 1.21 bits per heavy atom. The van der Waals surface area contributed by atoms with Crippen LogP contribution in [0.15, 0.2) is 18.2 Å². The zero-order valence-corrected chi connectivity index (χ0v) is 16.5. The lowest BCUT2D eigenvalue weighted by molar-refractivity contribution is -0.124. The maximum absolute atomic E-state index is 11.5. The van der Waals surface area contributed by atoms with E-state index in [1.54, 1.807) is 7.11 Å². The molecule has 2 aliphatic rings. The van der Waals surface area contributed by atoms with E-state index in [0.717, 1.165) is 38.0 Å². The molecule has 1 amide bonds. The number of nitrogens with zero attached hydrogens (tertiary/aromatic N) is 2. The second-order valence-electron chi connectivity index (χ2n) is 7.54. The molecule has 2 heterocycles. The van der Waals surface area contributed by atoms with E-state index in [1.807, 2.05) is 18.2 Å². The van der Waals surface area contributed by atoms with Gasteiger partial charge in [-0.05, 0) is 30.5 Å². The zero-order chi connectivity index (χ0) is 19.9. The van der Waals surface area contributed by atoms with Gasteiger partial charge in [0, 0.05) is 39.3 Å². The van der Waals surface area contributed by atoms with Gasteiger partial charge in [0.05, 0.1) is 19.8 Å². The third kappa shape index (κ3) is 6.07. The van der Waals surface area contributed by atoms with Crippen LogP contribution in [0.2, 0.25) is 0 Å². The van der Waals surface area contributed by atoms with Gasteiger partial charge in [0.2, 0.25) is 5.91 Å². The highest BCUT2D eigenvalue weighted by atomic mass is 16.5. The first kappa shape index (κ1) is 20.9. The number of carbonyl (C=O) groups excluding carboxylic acids is 1. The maximum Gasteiger partial charge on any atom is 0.234 e. The minimum Gasteiger partial charge on any atom is -0.493 e. The van der Waals surface area contributed by atoms with Crippen LogP contribution in [0.1, 0.15) is 18.4 Å². The van der Waals surface area contributed by atoms with Gasteiger partial charge >= 0.3 is 0 Å². The maximum atomic E-state index is 11.5. The fourth-order valence-corrected chi connectivity index (χ4v) is 3.65. The van der Waals surface area contributed by atoms with Crippen LogP contribution in [0.25, 0.3) is 0 Å². The number of methoxy groups -OCH3 is 1. The van der Waals surface area contributed by atoms with Crippen LogP contribution in [0, 0.1) is 0 Å². The molecule has 0 aromatic heterocycles. The largest absolute Gasteiger partial charge is 0.493 e. The summed E-state index contributed by atoms with van der Waals surface area (Å²) >= 11 is 0. The summed E-state index contributed by atoms with van der Waals surface area (Å²) < 4.78 is 11.2. The summed E-state index contributed by atoms with van der Waals surface area (Å²) in [6.07, 6.45) is 0.682. The third-order valence-corrected chi connectivity index (χ3v) is 5.21. The van der Waals surface area contributed by atoms with Crippen molar-refractivity contribution in [1.29, 1.82) is 0 Å². The number of aliphatic hydroxyl groups is 2. The first-order chi connectivity index (χ1) is 13.5. The predicted octanol–water partition coefficient (Wildman–Crippen LogP) is -0.177. The second kappa shape index (κ2) is 10.1. The Hall–Kier alpha value is -1.87. The van der Waals surface area contributed by atoms with E-state index in [2.05, 4.69) is 15.1 Å². The Balaban J connectivity index is 1.50. The van der Waals surface area contributed by atoms with Crippen molar-refractivity contribution in [3.8, 4) is 11.5 Å². The molecule has 2 aliphatic heterocycles. The van der Waals surface area contributed by atoms with Crippen LogP contribution >= 0.6 is 0 Å². The smallest absolute Gasteiger partial charge is 0.234 e. The molecule has 0 radical (unpaired) electrons. The number of nitrogens with one attached hydrogen (secondary N) is 1. The number of hydrogen-bond donors (Lipinski definition) is 3. The van der Waals surface area contributed by atoms with Gasteiger partial charge in [-0.2, -0.15) is 0 Å². The molecule has 0 unspecified atom stereocenters. The number of amides is 1. The number of benzene rings is 1. The van der Waals surface area contributed by atoms with Gasteiger partial charge in [0.1, 0.15) is 12.7 Å². The van der Waals surface area contributed by atoms with Crippen molar-refractivity contribution in [1.82, 2.24) is 15.1 Å². The number of piperidine rings is 1. The van der Waals surface area contributed by atoms with Crippen LogP contribution in [0.3, 0.4) is 0 Å². The van der Waals surface area contributed by atoms with Gasteiger partial charge in [0.15, 0.2) is 11.5 Å². The van der Waals surface area contributed by atoms with Crippen molar-refractivity contribution in [2.24, 2.45) is 0 Å². The highest BCUT2D eigenvalue weighted by Gasteiger charge is 2.20. The Morgan fingerprint density at radius 2 is 2.00 bits per heavy atom. The first-order valence-corrected chi connectivity index (χ1v) is 9.90. The molecule has 1 aromatic rings. The molecule has 8 heteroatoms. The summed E-state index contributed by atoms with van der Waals surface area (Å²) in [5.74, 6) is 1.26. The number of ether oxygens (including phenoxy) is 2. The van der Waals surface area contributed by atoms with E-state index in [4.69, 9.17) is 9.47 Å². The topological polar surface area (TPSA) is 94.5 Å². The first-order valence-electron chi connectivity index (χ1n) is 9.90. The number of β-amino-alcohol motifs (C(OH)–C–C–N with tert-alkyl or cyclic N) is 1. The normalized spacial score (nSPS) is 20.6. The fourth-order valence-electron chi connectivity index (χ4n) is 3.65. The molecule has 0 bridgehead atoms. The molecule has 1 aromatic carbocycles. The minimum atomic E-state index is -0.605. The van der Waals surface area contributed by atoms with E-state index < -0.39 is 6.10 Å². The zero-order valence-electron chi connectivity index (χ0n) is 16.5. The van der Waals surface area contributed by atoms with Crippen molar-refractivity contribution in [3.63, 3.8) is 0 Å². The number of carbonyl (C=O) groups is 1. The van der Waals surface area contributed by atoms with Crippen molar-refractivity contribution in [2.75, 3.05) is 53.0 Å². The lowest BCUT2D eigenvalue weighted by atomic mass is 10.1. The molecule has 2 fully saturated rings. The van der Waals surface area contributed by atoms with Gasteiger partial charge in [0.25, 0.3) is 0 Å². The molecule has 156 valence electrons. The van der Waals surface area contributed by atoms with Crippen molar-refractivity contribution >= 4 is 5.91 Å². The third-order valence-electron chi connectivity index (χ3n) is 5.21. The SMILES string of the molecule is COc1cc(CN2CCNC(=O)C2)ccc1OC[C@@H](O)CN1CCC(O)CC1. The molecule has 28 heavy (non-hydrogen) atoms. The molecule has 8 nitrogen and oxygen atoms in total. The lowest BCUT2D eigenvalue weighted by Gasteiger charge is -2.31. The average Bonchev–Trinajstić information content (AvgIpc) is 2.68. The van der Waals surface area contributed by atoms with E-state index in [9.17, 15) is 15.0 Å². The fraction of sp³-hybridized carbons (Fsp3) is 0.650. The Morgan fingerprint density at radius 3 is 2.71 bits per heavy atom. The molecule has 1 atom stereocenters. The molecule has 0 aliphatic carbocycles. The van der Waals surface area contributed by atoms with E-state index in [0.29, 0.717) is 37.7 Å². The average molecular weight is 393 g/mol. The molecule has 2 saturated heterocycles. The number of likely N-dealkylation sites (tertiary alicyclic amines) is 1. The standard InChI is InChI=1S/C20H31N3O5/c1-27-19-10-15(11-23-9-6-21-20(26)13-23)2-3-18(19)28-14-17(25)12-22-7-4-16(24)5-8-22/h2-3,10,16-17,24-25H,4-9,11-14H2,1H3,(H,21,26)/t17-/m0/s1. The van der Waals surface area contributed by atoms with E-state index in [1.165, 1.54) is 0 Å². The van der Waals surface area contributed by atoms with Crippen molar-refractivity contribution in [3.05, 3.63) is 23.8 Å². The summed E-state index contributed by atoms with van der Waals surface area (Å²) in [5.41, 5.74) is 1.05. The number of hydrogen-bond acceptors (Lipinski definition) is 7. The van der Waals surface area contributed by atoms with E-state index >= 15 is 0 Å². The van der Waals surface area contributed by atoms with Gasteiger partial charge in [-0.25, -0.2) is 0 Å². The quantitative estimate of drug-likeness (QED) is 0.564. The van der Waals surface area contributed by atoms with Crippen LogP contribution in [-0.2, 0) is 11.3 Å². The molecule has 3 N–H and O–H groups in total. The number of aliphatic hydroxyl groups excluding tert-OH is 2. The Labute approximate surface area is 166 Å². The Kier molecular flexibility index (Phi) is 7.50. The molecule has 0 saturated carbocycles. The van der Waals surface area contributed by atoms with Gasteiger partial charge < -0.3 is 29.9 Å². The van der Waals surface area contributed by atoms with Gasteiger partial charge in [-0.15, -0.1) is 0 Å². The van der Waals surface area contributed by atoms with Crippen LogP contribution in [-0.4, -0.2) is 91.1 Å². The summed E-state index contributed by atoms with van der Waals surface area (Å²) in [7, 11) is 1.59. The summed E-state index contributed by atoms with van der Waals surface area (Å²) in [6, 6.07) is 5.73. The molecule has 0 spiro atoms. The minimum absolute atomic E-state index is 0.0513. The van der Waals surface area contributed by atoms with Crippen molar-refractivity contribution < 1.29 is 24.5 Å². The second-order valence-corrected chi connectivity index (χ2v) is 7.54. The van der Waals surface area contributed by atoms with Gasteiger partial charge in [-0.1, -0.05) is 6.07 Å². The van der Waals surface area contributed by atoms with Crippen LogP contribution in [0.5, 0.6) is 11.5 Å². The predicted molar refractivity (Wildman–Crippen MR) is 104 cm³/mol. The highest BCUT2D eigenvalue weighted by Crippen LogP contribution is 2.29.